The molecule has 0 atom stereocenters. The van der Waals surface area contributed by atoms with Crippen molar-refractivity contribution >= 4 is 39.1 Å². The zero-order valence-corrected chi connectivity index (χ0v) is 18.8. The van der Waals surface area contributed by atoms with Gasteiger partial charge < -0.3 is 16.0 Å². The van der Waals surface area contributed by atoms with E-state index in [1.807, 2.05) is 19.1 Å². The summed E-state index contributed by atoms with van der Waals surface area (Å²) in [6, 6.07) is 11.9. The molecule has 2 heterocycles. The van der Waals surface area contributed by atoms with Crippen LogP contribution in [0.2, 0.25) is 0 Å². The van der Waals surface area contributed by atoms with E-state index in [9.17, 15) is 13.2 Å². The molecule has 3 aromatic rings. The van der Waals surface area contributed by atoms with E-state index in [4.69, 9.17) is 0 Å². The molecule has 0 radical (unpaired) electrons. The fourth-order valence-electron chi connectivity index (χ4n) is 2.85. The summed E-state index contributed by atoms with van der Waals surface area (Å²) in [5.74, 6) is 1.51. The summed E-state index contributed by atoms with van der Waals surface area (Å²) < 4.78 is 27.7. The van der Waals surface area contributed by atoms with Gasteiger partial charge in [-0.15, -0.1) is 10.2 Å². The molecule has 0 saturated heterocycles. The second kappa shape index (κ2) is 10.2. The molecule has 0 aliphatic rings. The molecule has 0 unspecified atom stereocenters. The highest BCUT2D eigenvalue weighted by Crippen LogP contribution is 2.19. The first-order valence-electron chi connectivity index (χ1n) is 9.88. The molecule has 0 bridgehead atoms. The molecule has 3 rings (SSSR count). The van der Waals surface area contributed by atoms with Gasteiger partial charge in [-0.25, -0.2) is 18.1 Å². The Labute approximate surface area is 186 Å². The summed E-state index contributed by atoms with van der Waals surface area (Å²) in [5.41, 5.74) is 2.15. The minimum absolute atomic E-state index is 0.157. The summed E-state index contributed by atoms with van der Waals surface area (Å²) >= 11 is 0. The summed E-state index contributed by atoms with van der Waals surface area (Å²) in [6.07, 6.45) is 1.76. The predicted octanol–water partition coefficient (Wildman–Crippen LogP) is 2.58. The number of hydrogen-bond acceptors (Lipinski definition) is 8. The lowest BCUT2D eigenvalue weighted by Crippen LogP contribution is -2.29. The number of aryl methyl sites for hydroxylation is 2. The predicted molar refractivity (Wildman–Crippen MR) is 123 cm³/mol. The Hall–Kier alpha value is -3.57. The molecule has 2 aromatic heterocycles. The molecule has 11 heteroatoms. The lowest BCUT2D eigenvalue weighted by atomic mass is 10.2. The van der Waals surface area contributed by atoms with Gasteiger partial charge in [0, 0.05) is 31.9 Å². The molecule has 1 aromatic carbocycles. The fourth-order valence-corrected chi connectivity index (χ4v) is 4.11. The Bertz CT molecular complexity index is 1180. The number of sulfonamides is 1. The molecule has 10 nitrogen and oxygen atoms in total. The summed E-state index contributed by atoms with van der Waals surface area (Å²) in [6.45, 7) is 5.51. The molecule has 0 spiro atoms. The first-order valence-corrected chi connectivity index (χ1v) is 11.4. The summed E-state index contributed by atoms with van der Waals surface area (Å²) in [5, 5.41) is 16.9. The number of carbonyl (C=O) groups excluding carboxylic acids is 1. The number of rotatable bonds is 9. The Kier molecular flexibility index (Phi) is 7.33. The van der Waals surface area contributed by atoms with Crippen molar-refractivity contribution in [2.24, 2.45) is 0 Å². The maximum absolute atomic E-state index is 12.6. The monoisotopic (exact) mass is 455 g/mol. The summed E-state index contributed by atoms with van der Waals surface area (Å²) in [4.78, 5) is 15.6. The van der Waals surface area contributed by atoms with Gasteiger partial charge in [-0.1, -0.05) is 6.07 Å². The van der Waals surface area contributed by atoms with Crippen LogP contribution in [0.3, 0.4) is 0 Å². The van der Waals surface area contributed by atoms with Crippen LogP contribution in [0, 0.1) is 13.8 Å². The van der Waals surface area contributed by atoms with Crippen LogP contribution in [0.15, 0.2) is 53.6 Å². The van der Waals surface area contributed by atoms with E-state index in [1.165, 1.54) is 13.0 Å². The quantitative estimate of drug-likeness (QED) is 0.361. The van der Waals surface area contributed by atoms with Gasteiger partial charge in [-0.05, 0) is 61.4 Å². The number of aromatic nitrogens is 3. The third-order valence-corrected chi connectivity index (χ3v) is 5.96. The topological polar surface area (TPSA) is 138 Å². The van der Waals surface area contributed by atoms with Crippen LogP contribution < -0.4 is 20.7 Å². The van der Waals surface area contributed by atoms with Crippen molar-refractivity contribution < 1.29 is 13.2 Å². The number of carbonyl (C=O) groups is 1. The normalized spacial score (nSPS) is 11.1. The van der Waals surface area contributed by atoms with Gasteiger partial charge in [-0.3, -0.25) is 4.79 Å². The van der Waals surface area contributed by atoms with Crippen LogP contribution in [0.1, 0.15) is 18.1 Å². The number of amides is 1. The van der Waals surface area contributed by atoms with Crippen LogP contribution in [0.4, 0.5) is 23.1 Å². The number of nitrogens with one attached hydrogen (secondary N) is 4. The molecule has 0 fully saturated rings. The van der Waals surface area contributed by atoms with E-state index in [1.54, 1.807) is 37.4 Å². The number of hydrogen-bond donors (Lipinski definition) is 4. The smallest absolute Gasteiger partial charge is 0.240 e. The van der Waals surface area contributed by atoms with Gasteiger partial charge in [0.15, 0.2) is 5.82 Å². The van der Waals surface area contributed by atoms with Crippen molar-refractivity contribution in [1.82, 2.24) is 19.9 Å². The molecule has 168 valence electrons. The van der Waals surface area contributed by atoms with E-state index in [2.05, 4.69) is 35.9 Å². The summed E-state index contributed by atoms with van der Waals surface area (Å²) in [7, 11) is -3.69. The van der Waals surface area contributed by atoms with E-state index in [0.717, 1.165) is 5.56 Å². The third kappa shape index (κ3) is 6.46. The minimum Gasteiger partial charge on any atom is -0.367 e. The van der Waals surface area contributed by atoms with Gasteiger partial charge in [0.2, 0.25) is 15.9 Å². The lowest BCUT2D eigenvalue weighted by Gasteiger charge is -2.12. The van der Waals surface area contributed by atoms with Crippen molar-refractivity contribution in [2.45, 2.75) is 25.7 Å². The highest BCUT2D eigenvalue weighted by molar-refractivity contribution is 7.89. The minimum atomic E-state index is -3.69. The highest BCUT2D eigenvalue weighted by Gasteiger charge is 2.16. The third-order valence-electron chi connectivity index (χ3n) is 4.34. The SMILES string of the molecule is CC(=O)Nc1ccc(S(=O)(=O)NCCNc2ccc(Nc3ccc(C)cn3)nn2)c(C)c1. The largest absolute Gasteiger partial charge is 0.367 e. The molecular weight excluding hydrogens is 430 g/mol. The van der Waals surface area contributed by atoms with E-state index >= 15 is 0 Å². The zero-order chi connectivity index (χ0) is 23.1. The van der Waals surface area contributed by atoms with E-state index in [0.29, 0.717) is 35.2 Å². The van der Waals surface area contributed by atoms with Crippen LogP contribution >= 0.6 is 0 Å². The number of nitrogens with zero attached hydrogens (tertiary/aromatic N) is 3. The Morgan fingerprint density at radius 1 is 0.938 bits per heavy atom. The Morgan fingerprint density at radius 2 is 1.66 bits per heavy atom. The first-order chi connectivity index (χ1) is 15.2. The number of pyridine rings is 1. The standard InChI is InChI=1S/C21H25N7O3S/c1-14-4-7-19(23-13-14)26-21-9-8-20(27-28-21)22-10-11-24-32(30,31)18-6-5-17(12-15(18)2)25-16(3)29/h4-9,12-13,24H,10-11H2,1-3H3,(H,22,27)(H,25,29)(H,23,26,28). The van der Waals surface area contributed by atoms with Crippen LogP contribution in [-0.4, -0.2) is 42.6 Å². The Morgan fingerprint density at radius 3 is 2.28 bits per heavy atom. The molecule has 32 heavy (non-hydrogen) atoms. The highest BCUT2D eigenvalue weighted by atomic mass is 32.2. The van der Waals surface area contributed by atoms with Crippen molar-refractivity contribution in [2.75, 3.05) is 29.0 Å². The van der Waals surface area contributed by atoms with Crippen molar-refractivity contribution in [3.8, 4) is 0 Å². The van der Waals surface area contributed by atoms with E-state index in [-0.39, 0.29) is 17.3 Å². The van der Waals surface area contributed by atoms with Gasteiger partial charge in [0.25, 0.3) is 0 Å². The molecule has 0 aliphatic heterocycles. The first kappa shape index (κ1) is 23.1. The second-order valence-electron chi connectivity index (χ2n) is 7.14. The maximum Gasteiger partial charge on any atom is 0.240 e. The zero-order valence-electron chi connectivity index (χ0n) is 18.0. The van der Waals surface area contributed by atoms with Crippen LogP contribution in [0.25, 0.3) is 0 Å². The molecule has 4 N–H and O–H groups in total. The molecule has 0 saturated carbocycles. The second-order valence-corrected chi connectivity index (χ2v) is 8.87. The van der Waals surface area contributed by atoms with Crippen molar-refractivity contribution in [1.29, 1.82) is 0 Å². The Balaban J connectivity index is 1.50. The van der Waals surface area contributed by atoms with Crippen LogP contribution in [0.5, 0.6) is 0 Å². The van der Waals surface area contributed by atoms with Gasteiger partial charge >= 0.3 is 0 Å². The number of benzene rings is 1. The van der Waals surface area contributed by atoms with Gasteiger partial charge in [0.1, 0.15) is 11.6 Å². The maximum atomic E-state index is 12.6. The average Bonchev–Trinajstić information content (AvgIpc) is 2.73. The van der Waals surface area contributed by atoms with E-state index < -0.39 is 10.0 Å². The average molecular weight is 456 g/mol. The molecule has 1 amide bonds. The molecular formula is C21H25N7O3S. The van der Waals surface area contributed by atoms with Crippen molar-refractivity contribution in [3.05, 3.63) is 59.8 Å². The lowest BCUT2D eigenvalue weighted by molar-refractivity contribution is -0.114. The van der Waals surface area contributed by atoms with Crippen LogP contribution in [-0.2, 0) is 14.8 Å². The van der Waals surface area contributed by atoms with Gasteiger partial charge in [0.05, 0.1) is 4.90 Å². The van der Waals surface area contributed by atoms with Crippen molar-refractivity contribution in [3.63, 3.8) is 0 Å². The molecule has 0 aliphatic carbocycles. The van der Waals surface area contributed by atoms with Gasteiger partial charge in [-0.2, -0.15) is 0 Å². The fraction of sp³-hybridized carbons (Fsp3) is 0.238. The number of anilines is 4.